The number of hydrogen-bond acceptors (Lipinski definition) is 4. The molecule has 7 heteroatoms. The molecule has 2 saturated heterocycles. The lowest BCUT2D eigenvalue weighted by Crippen LogP contribution is -2.59. The van der Waals surface area contributed by atoms with E-state index in [1.807, 2.05) is 13.8 Å². The van der Waals surface area contributed by atoms with E-state index in [-0.39, 0.29) is 11.8 Å². The highest BCUT2D eigenvalue weighted by molar-refractivity contribution is 5.94. The van der Waals surface area contributed by atoms with Crippen molar-refractivity contribution in [2.45, 2.75) is 57.5 Å². The van der Waals surface area contributed by atoms with E-state index >= 15 is 0 Å². The summed E-state index contributed by atoms with van der Waals surface area (Å²) in [4.78, 5) is 39.6. The smallest absolute Gasteiger partial charge is 0.408 e. The van der Waals surface area contributed by atoms with Crippen LogP contribution in [0, 0.1) is 5.92 Å². The van der Waals surface area contributed by atoms with E-state index in [1.165, 1.54) is 16.9 Å². The number of ether oxygens (including phenoxy) is 1. The molecule has 1 N–H and O–H groups in total. The molecule has 0 aliphatic carbocycles. The Bertz CT molecular complexity index is 493. The SMILES string of the molecule is COC(=O)[C@H](CC(C)C)N1CC[C@@]2(CCCCN2C(=O)O)C1=O. The van der Waals surface area contributed by atoms with Crippen molar-refractivity contribution in [3.05, 3.63) is 0 Å². The Balaban J connectivity index is 2.27. The third-order valence-corrected chi connectivity index (χ3v) is 4.94. The summed E-state index contributed by atoms with van der Waals surface area (Å²) in [5.74, 6) is -0.442. The molecule has 0 bridgehead atoms. The van der Waals surface area contributed by atoms with Crippen molar-refractivity contribution in [3.8, 4) is 0 Å². The minimum atomic E-state index is -1.06. The van der Waals surface area contributed by atoms with Crippen molar-refractivity contribution in [3.63, 3.8) is 0 Å². The molecular formula is C16H26N2O5. The Kier molecular flexibility index (Phi) is 5.16. The third-order valence-electron chi connectivity index (χ3n) is 4.94. The Morgan fingerprint density at radius 3 is 2.52 bits per heavy atom. The zero-order valence-electron chi connectivity index (χ0n) is 14.1. The summed E-state index contributed by atoms with van der Waals surface area (Å²) in [6.07, 6.45) is 2.04. The fraction of sp³-hybridized carbons (Fsp3) is 0.812. The van der Waals surface area contributed by atoms with Crippen molar-refractivity contribution < 1.29 is 24.2 Å². The number of likely N-dealkylation sites (tertiary alicyclic amines) is 2. The number of carboxylic acid groups (broad SMARTS) is 1. The number of piperidine rings is 1. The lowest BCUT2D eigenvalue weighted by Gasteiger charge is -2.41. The molecule has 2 heterocycles. The Morgan fingerprint density at radius 2 is 1.96 bits per heavy atom. The minimum absolute atomic E-state index is 0.227. The molecule has 0 radical (unpaired) electrons. The Labute approximate surface area is 136 Å². The van der Waals surface area contributed by atoms with Crippen LogP contribution in [0.2, 0.25) is 0 Å². The van der Waals surface area contributed by atoms with E-state index in [1.54, 1.807) is 0 Å². The van der Waals surface area contributed by atoms with Gasteiger partial charge in [0.25, 0.3) is 0 Å². The molecular weight excluding hydrogens is 300 g/mol. The maximum atomic E-state index is 13.1. The van der Waals surface area contributed by atoms with Crippen LogP contribution in [0.15, 0.2) is 0 Å². The van der Waals surface area contributed by atoms with Crippen LogP contribution in [0.4, 0.5) is 4.79 Å². The number of carbonyl (C=O) groups excluding carboxylic acids is 2. The number of nitrogens with zero attached hydrogens (tertiary/aromatic N) is 2. The second-order valence-corrected chi connectivity index (χ2v) is 6.84. The standard InChI is InChI=1S/C16H26N2O5/c1-11(2)10-12(13(19)23-3)17-9-7-16(14(17)20)6-4-5-8-18(16)15(21)22/h11-12H,4-10H2,1-3H3,(H,21,22)/t12-,16-/m0/s1. The molecule has 7 nitrogen and oxygen atoms in total. The number of rotatable bonds is 4. The highest BCUT2D eigenvalue weighted by Gasteiger charge is 2.55. The predicted molar refractivity (Wildman–Crippen MR) is 82.9 cm³/mol. The van der Waals surface area contributed by atoms with E-state index in [4.69, 9.17) is 4.74 Å². The first-order chi connectivity index (χ1) is 10.8. The summed E-state index contributed by atoms with van der Waals surface area (Å²) in [5, 5.41) is 9.47. The first kappa shape index (κ1) is 17.6. The van der Waals surface area contributed by atoms with Gasteiger partial charge in [-0.3, -0.25) is 9.69 Å². The van der Waals surface area contributed by atoms with Gasteiger partial charge in [-0.1, -0.05) is 13.8 Å². The van der Waals surface area contributed by atoms with Crippen LogP contribution in [0.25, 0.3) is 0 Å². The summed E-state index contributed by atoms with van der Waals surface area (Å²) in [5.41, 5.74) is -0.993. The zero-order valence-corrected chi connectivity index (χ0v) is 14.1. The summed E-state index contributed by atoms with van der Waals surface area (Å²) in [6.45, 7) is 4.74. The van der Waals surface area contributed by atoms with Crippen LogP contribution in [-0.4, -0.2) is 64.7 Å². The number of hydrogen-bond donors (Lipinski definition) is 1. The molecule has 23 heavy (non-hydrogen) atoms. The largest absolute Gasteiger partial charge is 0.467 e. The predicted octanol–water partition coefficient (Wildman–Crippen LogP) is 1.71. The molecule has 1 spiro atoms. The summed E-state index contributed by atoms with van der Waals surface area (Å²) in [6, 6.07) is -0.635. The van der Waals surface area contributed by atoms with Gasteiger partial charge >= 0.3 is 12.1 Å². The van der Waals surface area contributed by atoms with Gasteiger partial charge in [0.05, 0.1) is 7.11 Å². The van der Waals surface area contributed by atoms with Crippen LogP contribution in [-0.2, 0) is 14.3 Å². The van der Waals surface area contributed by atoms with Crippen LogP contribution in [0.5, 0.6) is 0 Å². The average molecular weight is 326 g/mol. The maximum absolute atomic E-state index is 13.1. The molecule has 0 aromatic carbocycles. The highest BCUT2D eigenvalue weighted by Crippen LogP contribution is 2.39. The Morgan fingerprint density at radius 1 is 1.26 bits per heavy atom. The van der Waals surface area contributed by atoms with Gasteiger partial charge in [0.15, 0.2) is 0 Å². The third kappa shape index (κ3) is 3.14. The molecule has 2 fully saturated rings. The van der Waals surface area contributed by atoms with Gasteiger partial charge in [-0.25, -0.2) is 9.59 Å². The lowest BCUT2D eigenvalue weighted by molar-refractivity contribution is -0.154. The topological polar surface area (TPSA) is 87.2 Å². The number of methoxy groups -OCH3 is 1. The molecule has 2 atom stereocenters. The van der Waals surface area contributed by atoms with Crippen LogP contribution >= 0.6 is 0 Å². The van der Waals surface area contributed by atoms with Crippen LogP contribution < -0.4 is 0 Å². The first-order valence-electron chi connectivity index (χ1n) is 8.23. The lowest BCUT2D eigenvalue weighted by atomic mass is 9.85. The monoisotopic (exact) mass is 326 g/mol. The van der Waals surface area contributed by atoms with E-state index in [0.29, 0.717) is 32.4 Å². The fourth-order valence-corrected chi connectivity index (χ4v) is 3.81. The molecule has 2 amide bonds. The summed E-state index contributed by atoms with van der Waals surface area (Å²) >= 11 is 0. The number of esters is 1. The molecule has 0 aromatic rings. The Hall–Kier alpha value is -1.79. The van der Waals surface area contributed by atoms with Gasteiger partial charge in [0, 0.05) is 13.1 Å². The van der Waals surface area contributed by atoms with Crippen LogP contribution in [0.3, 0.4) is 0 Å². The van der Waals surface area contributed by atoms with Crippen LogP contribution in [0.1, 0.15) is 46.0 Å². The zero-order chi connectivity index (χ0) is 17.2. The summed E-state index contributed by atoms with van der Waals surface area (Å²) < 4.78 is 4.86. The van der Waals surface area contributed by atoms with E-state index in [2.05, 4.69) is 0 Å². The van der Waals surface area contributed by atoms with Crippen molar-refractivity contribution in [1.29, 1.82) is 0 Å². The van der Waals surface area contributed by atoms with E-state index < -0.39 is 23.6 Å². The number of carbonyl (C=O) groups is 3. The maximum Gasteiger partial charge on any atom is 0.408 e. The van der Waals surface area contributed by atoms with Crippen molar-refractivity contribution in [1.82, 2.24) is 9.80 Å². The van der Waals surface area contributed by atoms with Crippen molar-refractivity contribution >= 4 is 18.0 Å². The fourth-order valence-electron chi connectivity index (χ4n) is 3.81. The normalized spacial score (nSPS) is 26.0. The molecule has 130 valence electrons. The van der Waals surface area contributed by atoms with Gasteiger partial charge in [0.2, 0.25) is 5.91 Å². The van der Waals surface area contributed by atoms with Crippen molar-refractivity contribution in [2.24, 2.45) is 5.92 Å². The number of amides is 2. The summed E-state index contributed by atoms with van der Waals surface area (Å²) in [7, 11) is 1.32. The van der Waals surface area contributed by atoms with Gasteiger partial charge < -0.3 is 14.7 Å². The van der Waals surface area contributed by atoms with Gasteiger partial charge in [-0.05, 0) is 38.0 Å². The van der Waals surface area contributed by atoms with E-state index in [9.17, 15) is 19.5 Å². The van der Waals surface area contributed by atoms with Gasteiger partial charge in [-0.2, -0.15) is 0 Å². The molecule has 0 unspecified atom stereocenters. The quantitative estimate of drug-likeness (QED) is 0.795. The molecule has 2 aliphatic rings. The van der Waals surface area contributed by atoms with Crippen molar-refractivity contribution in [2.75, 3.05) is 20.2 Å². The van der Waals surface area contributed by atoms with Gasteiger partial charge in [-0.15, -0.1) is 0 Å². The second kappa shape index (κ2) is 6.76. The molecule has 0 saturated carbocycles. The molecule has 2 aliphatic heterocycles. The molecule has 0 aromatic heterocycles. The highest BCUT2D eigenvalue weighted by atomic mass is 16.5. The second-order valence-electron chi connectivity index (χ2n) is 6.84. The van der Waals surface area contributed by atoms with E-state index in [0.717, 1.165) is 12.8 Å². The average Bonchev–Trinajstić information content (AvgIpc) is 2.81. The van der Waals surface area contributed by atoms with Gasteiger partial charge in [0.1, 0.15) is 11.6 Å². The first-order valence-corrected chi connectivity index (χ1v) is 8.23. The molecule has 2 rings (SSSR count). The minimum Gasteiger partial charge on any atom is -0.467 e.